The standard InChI is InChI=1S/C17H27BrN2/c1-5-6-8-17(12-18)9-7-16(10-17)20-11-13(2)14(3)19-15(20)4/h11,16,19H,3-10,12H2,1-2H3/t16-,17+/m0/s1. The summed E-state index contributed by atoms with van der Waals surface area (Å²) in [7, 11) is 0. The predicted octanol–water partition coefficient (Wildman–Crippen LogP) is 4.90. The van der Waals surface area contributed by atoms with Crippen LogP contribution < -0.4 is 5.32 Å². The van der Waals surface area contributed by atoms with Gasteiger partial charge in [0.15, 0.2) is 0 Å². The van der Waals surface area contributed by atoms with E-state index in [1.165, 1.54) is 44.1 Å². The number of nitrogens with one attached hydrogen (secondary N) is 1. The molecule has 1 saturated carbocycles. The molecule has 1 aliphatic heterocycles. The lowest BCUT2D eigenvalue weighted by atomic mass is 9.83. The van der Waals surface area contributed by atoms with Crippen molar-refractivity contribution in [3.05, 3.63) is 36.4 Å². The van der Waals surface area contributed by atoms with Crippen LogP contribution in [0.5, 0.6) is 0 Å². The van der Waals surface area contributed by atoms with Crippen molar-refractivity contribution < 1.29 is 0 Å². The van der Waals surface area contributed by atoms with E-state index in [4.69, 9.17) is 0 Å². The molecule has 0 aromatic rings. The number of rotatable bonds is 5. The van der Waals surface area contributed by atoms with Crippen molar-refractivity contribution in [3.8, 4) is 0 Å². The van der Waals surface area contributed by atoms with Gasteiger partial charge in [-0.1, -0.05) is 48.9 Å². The van der Waals surface area contributed by atoms with Crippen LogP contribution in [0, 0.1) is 5.41 Å². The van der Waals surface area contributed by atoms with Gasteiger partial charge >= 0.3 is 0 Å². The Morgan fingerprint density at radius 1 is 1.50 bits per heavy atom. The van der Waals surface area contributed by atoms with Crippen molar-refractivity contribution in [2.24, 2.45) is 5.41 Å². The summed E-state index contributed by atoms with van der Waals surface area (Å²) in [5.74, 6) is 0.978. The monoisotopic (exact) mass is 338 g/mol. The largest absolute Gasteiger partial charge is 0.342 e. The molecule has 2 aliphatic rings. The highest BCUT2D eigenvalue weighted by molar-refractivity contribution is 9.09. The zero-order chi connectivity index (χ0) is 14.8. The van der Waals surface area contributed by atoms with E-state index < -0.39 is 0 Å². The molecule has 1 fully saturated rings. The molecule has 2 atom stereocenters. The van der Waals surface area contributed by atoms with Crippen LogP contribution in [-0.2, 0) is 0 Å². The molecule has 2 rings (SSSR count). The molecular weight excluding hydrogens is 312 g/mol. The minimum atomic E-state index is 0.483. The molecule has 0 radical (unpaired) electrons. The van der Waals surface area contributed by atoms with Crippen molar-refractivity contribution in [1.82, 2.24) is 10.2 Å². The lowest BCUT2D eigenvalue weighted by molar-refractivity contribution is 0.260. The van der Waals surface area contributed by atoms with E-state index in [0.29, 0.717) is 11.5 Å². The number of unbranched alkanes of at least 4 members (excludes halogenated alkanes) is 1. The Morgan fingerprint density at radius 3 is 2.90 bits per heavy atom. The van der Waals surface area contributed by atoms with Crippen LogP contribution in [0.15, 0.2) is 36.4 Å². The second-order valence-electron chi connectivity index (χ2n) is 6.40. The Kier molecular flexibility index (Phi) is 5.00. The minimum Gasteiger partial charge on any atom is -0.342 e. The smallest absolute Gasteiger partial charge is 0.103 e. The van der Waals surface area contributed by atoms with Crippen molar-refractivity contribution in [2.75, 3.05) is 5.33 Å². The van der Waals surface area contributed by atoms with E-state index in [1.807, 2.05) is 0 Å². The fourth-order valence-corrected chi connectivity index (χ4v) is 4.20. The molecule has 0 bridgehead atoms. The molecule has 0 amide bonds. The second-order valence-corrected chi connectivity index (χ2v) is 6.96. The van der Waals surface area contributed by atoms with Gasteiger partial charge < -0.3 is 10.2 Å². The average Bonchev–Trinajstić information content (AvgIpc) is 2.85. The molecule has 0 saturated heterocycles. The number of hydrogen-bond acceptors (Lipinski definition) is 2. The summed E-state index contributed by atoms with van der Waals surface area (Å²) in [5.41, 5.74) is 2.67. The zero-order valence-corrected chi connectivity index (χ0v) is 14.4. The quantitative estimate of drug-likeness (QED) is 0.717. The first-order valence-electron chi connectivity index (χ1n) is 7.69. The summed E-state index contributed by atoms with van der Waals surface area (Å²) in [4.78, 5) is 2.33. The van der Waals surface area contributed by atoms with E-state index in [-0.39, 0.29) is 0 Å². The van der Waals surface area contributed by atoms with Gasteiger partial charge in [-0.2, -0.15) is 0 Å². The molecule has 20 heavy (non-hydrogen) atoms. The van der Waals surface area contributed by atoms with Crippen molar-refractivity contribution in [2.45, 2.75) is 58.4 Å². The lowest BCUT2D eigenvalue weighted by Gasteiger charge is -2.36. The van der Waals surface area contributed by atoms with Crippen LogP contribution in [0.4, 0.5) is 0 Å². The summed E-state index contributed by atoms with van der Waals surface area (Å²) in [6.45, 7) is 12.6. The van der Waals surface area contributed by atoms with Crippen LogP contribution in [0.3, 0.4) is 0 Å². The fraction of sp³-hybridized carbons (Fsp3) is 0.647. The zero-order valence-electron chi connectivity index (χ0n) is 12.8. The SMILES string of the molecule is C=C1NC(=C)N([C@H]2CC[C@](CBr)(CCCC)C2)C=C1C. The maximum absolute atomic E-state index is 4.16. The van der Waals surface area contributed by atoms with Gasteiger partial charge in [-0.05, 0) is 43.6 Å². The van der Waals surface area contributed by atoms with E-state index >= 15 is 0 Å². The van der Waals surface area contributed by atoms with Crippen LogP contribution in [0.1, 0.15) is 52.4 Å². The third kappa shape index (κ3) is 3.13. The third-order valence-corrected chi connectivity index (χ3v) is 6.02. The Labute approximate surface area is 132 Å². The maximum atomic E-state index is 4.16. The molecule has 1 heterocycles. The summed E-state index contributed by atoms with van der Waals surface area (Å²) < 4.78 is 0. The topological polar surface area (TPSA) is 15.3 Å². The van der Waals surface area contributed by atoms with E-state index in [2.05, 4.69) is 59.4 Å². The van der Waals surface area contributed by atoms with Gasteiger partial charge in [-0.15, -0.1) is 0 Å². The first kappa shape index (κ1) is 15.7. The number of halogens is 1. The second kappa shape index (κ2) is 6.38. The van der Waals surface area contributed by atoms with E-state index in [1.54, 1.807) is 0 Å². The van der Waals surface area contributed by atoms with Gasteiger partial charge in [-0.25, -0.2) is 0 Å². The van der Waals surface area contributed by atoms with Gasteiger partial charge in [0, 0.05) is 23.3 Å². The summed E-state index contributed by atoms with van der Waals surface area (Å²) >= 11 is 3.77. The van der Waals surface area contributed by atoms with Crippen molar-refractivity contribution in [1.29, 1.82) is 0 Å². The molecular formula is C17H27BrN2. The normalized spacial score (nSPS) is 30.4. The number of allylic oxidation sites excluding steroid dienone is 1. The molecule has 1 N–H and O–H groups in total. The van der Waals surface area contributed by atoms with Crippen LogP contribution in [-0.4, -0.2) is 16.3 Å². The molecule has 0 unspecified atom stereocenters. The molecule has 1 aliphatic carbocycles. The molecule has 0 aromatic carbocycles. The highest BCUT2D eigenvalue weighted by atomic mass is 79.9. The number of nitrogens with zero attached hydrogens (tertiary/aromatic N) is 1. The third-order valence-electron chi connectivity index (χ3n) is 4.83. The van der Waals surface area contributed by atoms with Crippen LogP contribution >= 0.6 is 15.9 Å². The predicted molar refractivity (Wildman–Crippen MR) is 90.4 cm³/mol. The highest BCUT2D eigenvalue weighted by Gasteiger charge is 2.40. The van der Waals surface area contributed by atoms with Crippen molar-refractivity contribution >= 4 is 15.9 Å². The van der Waals surface area contributed by atoms with Crippen molar-refractivity contribution in [3.63, 3.8) is 0 Å². The molecule has 3 heteroatoms. The van der Waals surface area contributed by atoms with Crippen LogP contribution in [0.25, 0.3) is 0 Å². The first-order valence-corrected chi connectivity index (χ1v) is 8.81. The first-order chi connectivity index (χ1) is 9.51. The van der Waals surface area contributed by atoms with E-state index in [0.717, 1.165) is 16.8 Å². The Bertz CT molecular complexity index is 427. The fourth-order valence-electron chi connectivity index (χ4n) is 3.41. The number of hydrogen-bond donors (Lipinski definition) is 1. The highest BCUT2D eigenvalue weighted by Crippen LogP contribution is 2.46. The molecule has 112 valence electrons. The maximum Gasteiger partial charge on any atom is 0.103 e. The van der Waals surface area contributed by atoms with E-state index in [9.17, 15) is 0 Å². The minimum absolute atomic E-state index is 0.483. The Morgan fingerprint density at radius 2 is 2.25 bits per heavy atom. The van der Waals surface area contributed by atoms with Gasteiger partial charge in [-0.3, -0.25) is 0 Å². The molecule has 2 nitrogen and oxygen atoms in total. The Balaban J connectivity index is 2.08. The molecule has 0 aromatic heterocycles. The van der Waals surface area contributed by atoms with Crippen LogP contribution in [0.2, 0.25) is 0 Å². The van der Waals surface area contributed by atoms with Gasteiger partial charge in [0.05, 0.1) is 0 Å². The average molecular weight is 339 g/mol. The van der Waals surface area contributed by atoms with Gasteiger partial charge in [0.1, 0.15) is 5.82 Å². The lowest BCUT2D eigenvalue weighted by Crippen LogP contribution is -2.38. The van der Waals surface area contributed by atoms with Gasteiger partial charge in [0.2, 0.25) is 0 Å². The summed E-state index contributed by atoms with van der Waals surface area (Å²) in [6.07, 6.45) is 10.0. The number of alkyl halides is 1. The Hall–Kier alpha value is -0.700. The summed E-state index contributed by atoms with van der Waals surface area (Å²) in [5, 5.41) is 4.43. The summed E-state index contributed by atoms with van der Waals surface area (Å²) in [6, 6.07) is 0.576. The van der Waals surface area contributed by atoms with Gasteiger partial charge in [0.25, 0.3) is 0 Å². The molecule has 0 spiro atoms.